The van der Waals surface area contributed by atoms with E-state index >= 15 is 0 Å². The first-order chi connectivity index (χ1) is 12.7. The van der Waals surface area contributed by atoms with Crippen molar-refractivity contribution >= 4 is 11.5 Å². The van der Waals surface area contributed by atoms with Crippen molar-refractivity contribution in [1.82, 2.24) is 19.7 Å². The average molecular weight is 352 g/mol. The Balaban J connectivity index is 1.62. The molecule has 0 atom stereocenters. The summed E-state index contributed by atoms with van der Waals surface area (Å²) in [5.74, 6) is 1.79. The van der Waals surface area contributed by atoms with Crippen LogP contribution in [0, 0.1) is 0 Å². The van der Waals surface area contributed by atoms with Gasteiger partial charge in [0.1, 0.15) is 12.1 Å². The number of hydrogen-bond donors (Lipinski definition) is 1. The molecule has 0 spiro atoms. The van der Waals surface area contributed by atoms with Crippen LogP contribution in [-0.2, 0) is 18.3 Å². The normalized spacial score (nSPS) is 10.7. The molecule has 0 amide bonds. The van der Waals surface area contributed by atoms with Gasteiger partial charge in [0.05, 0.1) is 6.61 Å². The van der Waals surface area contributed by atoms with E-state index in [9.17, 15) is 0 Å². The lowest BCUT2D eigenvalue weighted by atomic mass is 10.2. The second-order valence-corrected chi connectivity index (χ2v) is 6.14. The minimum atomic E-state index is 0.684. The van der Waals surface area contributed by atoms with Crippen LogP contribution >= 0.6 is 0 Å². The summed E-state index contributed by atoms with van der Waals surface area (Å²) in [5, 5.41) is 11.5. The zero-order chi connectivity index (χ0) is 18.4. The van der Waals surface area contributed by atoms with Gasteiger partial charge in [-0.1, -0.05) is 18.2 Å². The number of nitrogens with zero attached hydrogens (tertiary/aromatic N) is 5. The van der Waals surface area contributed by atoms with E-state index < -0.39 is 0 Å². The molecule has 1 N–H and O–H groups in total. The highest BCUT2D eigenvalue weighted by Crippen LogP contribution is 2.20. The van der Waals surface area contributed by atoms with Gasteiger partial charge in [-0.25, -0.2) is 4.98 Å². The van der Waals surface area contributed by atoms with Gasteiger partial charge in [-0.15, -0.1) is 10.2 Å². The number of likely N-dealkylation sites (N-methyl/N-ethyl adjacent to an activating group) is 1. The maximum absolute atomic E-state index is 5.10. The van der Waals surface area contributed by atoms with Gasteiger partial charge >= 0.3 is 0 Å². The van der Waals surface area contributed by atoms with Crippen LogP contribution in [0.15, 0.2) is 48.9 Å². The highest BCUT2D eigenvalue weighted by molar-refractivity contribution is 5.62. The molecule has 0 unspecified atom stereocenters. The predicted molar refractivity (Wildman–Crippen MR) is 103 cm³/mol. The van der Waals surface area contributed by atoms with E-state index in [1.165, 1.54) is 0 Å². The zero-order valence-electron chi connectivity index (χ0n) is 15.4. The van der Waals surface area contributed by atoms with Crippen molar-refractivity contribution in [3.05, 3.63) is 54.5 Å². The van der Waals surface area contributed by atoms with Crippen LogP contribution in [0.25, 0.3) is 11.4 Å². The molecule has 0 bridgehead atoms. The molecule has 0 saturated heterocycles. The predicted octanol–water partition coefficient (Wildman–Crippen LogP) is 2.57. The van der Waals surface area contributed by atoms with Crippen molar-refractivity contribution in [2.75, 3.05) is 37.5 Å². The molecule has 2 aromatic heterocycles. The van der Waals surface area contributed by atoms with E-state index in [-0.39, 0.29) is 0 Å². The molecular weight excluding hydrogens is 328 g/mol. The Hall–Kier alpha value is -2.93. The van der Waals surface area contributed by atoms with E-state index in [1.54, 1.807) is 13.4 Å². The van der Waals surface area contributed by atoms with Crippen LogP contribution in [0.3, 0.4) is 0 Å². The molecule has 0 fully saturated rings. The van der Waals surface area contributed by atoms with Crippen molar-refractivity contribution in [3.8, 4) is 11.4 Å². The summed E-state index contributed by atoms with van der Waals surface area (Å²) in [6.07, 6.45) is 3.60. The number of nitrogens with one attached hydrogen (secondary N) is 1. The summed E-state index contributed by atoms with van der Waals surface area (Å²) in [7, 11) is 5.65. The number of ether oxygens (including phenoxy) is 1. The van der Waals surface area contributed by atoms with Crippen LogP contribution in [0.5, 0.6) is 0 Å². The molecule has 0 aliphatic carbocycles. The molecule has 2 heterocycles. The monoisotopic (exact) mass is 352 g/mol. The number of aromatic nitrogens is 4. The number of benzene rings is 1. The lowest BCUT2D eigenvalue weighted by molar-refractivity contribution is 0.206. The van der Waals surface area contributed by atoms with E-state index in [0.717, 1.165) is 35.0 Å². The first-order valence-corrected chi connectivity index (χ1v) is 8.50. The molecule has 3 aromatic rings. The average Bonchev–Trinajstić information content (AvgIpc) is 3.11. The van der Waals surface area contributed by atoms with Crippen molar-refractivity contribution < 1.29 is 4.74 Å². The van der Waals surface area contributed by atoms with Crippen LogP contribution in [0.2, 0.25) is 0 Å². The molecule has 0 aliphatic rings. The number of aryl methyl sites for hydroxylation is 1. The maximum Gasteiger partial charge on any atom is 0.163 e. The molecule has 7 nitrogen and oxygen atoms in total. The molecule has 0 radical (unpaired) electrons. The lowest BCUT2D eigenvalue weighted by Gasteiger charge is -2.17. The lowest BCUT2D eigenvalue weighted by Crippen LogP contribution is -2.22. The fourth-order valence-electron chi connectivity index (χ4n) is 2.61. The number of anilines is 2. The molecule has 3 rings (SSSR count). The summed E-state index contributed by atoms with van der Waals surface area (Å²) in [6, 6.07) is 12.3. The van der Waals surface area contributed by atoms with Crippen LogP contribution < -0.4 is 10.2 Å². The number of hydrogen-bond acceptors (Lipinski definition) is 6. The van der Waals surface area contributed by atoms with E-state index in [2.05, 4.69) is 37.5 Å². The minimum absolute atomic E-state index is 0.684. The zero-order valence-corrected chi connectivity index (χ0v) is 15.4. The first-order valence-electron chi connectivity index (χ1n) is 8.50. The number of rotatable bonds is 8. The summed E-state index contributed by atoms with van der Waals surface area (Å²) in [5.41, 5.74) is 3.19. The number of pyridine rings is 1. The Morgan fingerprint density at radius 2 is 2.12 bits per heavy atom. The fourth-order valence-corrected chi connectivity index (χ4v) is 2.61. The van der Waals surface area contributed by atoms with Crippen LogP contribution in [-0.4, -0.2) is 47.1 Å². The Bertz CT molecular complexity index is 830. The Kier molecular flexibility index (Phi) is 5.80. The Labute approximate surface area is 153 Å². The van der Waals surface area contributed by atoms with Gasteiger partial charge in [0.15, 0.2) is 5.82 Å². The SMILES string of the molecule is COCCN(C)c1ccc(CNc2cccc(-c3nncn3C)c2)cn1. The maximum atomic E-state index is 5.10. The van der Waals surface area contributed by atoms with Crippen molar-refractivity contribution in [3.63, 3.8) is 0 Å². The van der Waals surface area contributed by atoms with E-state index in [4.69, 9.17) is 4.74 Å². The minimum Gasteiger partial charge on any atom is -0.383 e. The fraction of sp³-hybridized carbons (Fsp3) is 0.316. The Morgan fingerprint density at radius 1 is 1.23 bits per heavy atom. The van der Waals surface area contributed by atoms with Gasteiger partial charge < -0.3 is 19.5 Å². The summed E-state index contributed by atoms with van der Waals surface area (Å²) in [6.45, 7) is 2.20. The third-order valence-electron chi connectivity index (χ3n) is 4.16. The molecule has 136 valence electrons. The second-order valence-electron chi connectivity index (χ2n) is 6.14. The van der Waals surface area contributed by atoms with E-state index in [0.29, 0.717) is 13.2 Å². The molecule has 7 heteroatoms. The summed E-state index contributed by atoms with van der Waals surface area (Å²) < 4.78 is 7.00. The highest BCUT2D eigenvalue weighted by Gasteiger charge is 2.06. The van der Waals surface area contributed by atoms with Gasteiger partial charge in [0, 0.05) is 51.7 Å². The van der Waals surface area contributed by atoms with Crippen LogP contribution in [0.4, 0.5) is 11.5 Å². The van der Waals surface area contributed by atoms with Gasteiger partial charge in [-0.2, -0.15) is 0 Å². The third-order valence-corrected chi connectivity index (χ3v) is 4.16. The molecule has 0 saturated carbocycles. The van der Waals surface area contributed by atoms with Gasteiger partial charge in [0.2, 0.25) is 0 Å². The summed E-state index contributed by atoms with van der Waals surface area (Å²) >= 11 is 0. The van der Waals surface area contributed by atoms with Gasteiger partial charge in [0.25, 0.3) is 0 Å². The first kappa shape index (κ1) is 17.9. The van der Waals surface area contributed by atoms with Gasteiger partial charge in [-0.3, -0.25) is 0 Å². The molecule has 0 aliphatic heterocycles. The van der Waals surface area contributed by atoms with E-state index in [1.807, 2.05) is 49.1 Å². The topological polar surface area (TPSA) is 68.1 Å². The smallest absolute Gasteiger partial charge is 0.163 e. The highest BCUT2D eigenvalue weighted by atomic mass is 16.5. The van der Waals surface area contributed by atoms with Gasteiger partial charge in [-0.05, 0) is 23.8 Å². The second kappa shape index (κ2) is 8.44. The quantitative estimate of drug-likeness (QED) is 0.672. The largest absolute Gasteiger partial charge is 0.383 e. The summed E-state index contributed by atoms with van der Waals surface area (Å²) in [4.78, 5) is 6.60. The Morgan fingerprint density at radius 3 is 2.81 bits per heavy atom. The van der Waals surface area contributed by atoms with Crippen molar-refractivity contribution in [2.24, 2.45) is 7.05 Å². The molecular formula is C19H24N6O. The molecule has 26 heavy (non-hydrogen) atoms. The number of methoxy groups -OCH3 is 1. The molecule has 1 aromatic carbocycles. The van der Waals surface area contributed by atoms with Crippen molar-refractivity contribution in [2.45, 2.75) is 6.54 Å². The van der Waals surface area contributed by atoms with Crippen LogP contribution in [0.1, 0.15) is 5.56 Å². The third kappa shape index (κ3) is 4.37. The van der Waals surface area contributed by atoms with Crippen molar-refractivity contribution in [1.29, 1.82) is 0 Å². The standard InChI is InChI=1S/C19H24N6O/c1-24(9-10-26-3)18-8-7-15(13-21-18)12-20-17-6-4-5-16(11-17)19-23-22-14-25(19)2/h4-8,11,13-14,20H,9-10,12H2,1-3H3.